The van der Waals surface area contributed by atoms with E-state index in [0.717, 1.165) is 42.3 Å². The molecule has 2 aromatic rings. The summed E-state index contributed by atoms with van der Waals surface area (Å²) in [4.78, 5) is 13.2. The Kier molecular flexibility index (Phi) is 2.57. The van der Waals surface area contributed by atoms with Crippen LogP contribution in [-0.4, -0.2) is 21.5 Å². The Bertz CT molecular complexity index is 537. The van der Waals surface area contributed by atoms with Gasteiger partial charge in [-0.25, -0.2) is 9.97 Å². The van der Waals surface area contributed by atoms with Crippen LogP contribution in [0.25, 0.3) is 11.3 Å². The SMILES string of the molecule is Cc1nc2c(c(-c3ccncc3)n1)CCNC2. The molecule has 0 amide bonds. The molecule has 0 saturated heterocycles. The topological polar surface area (TPSA) is 50.7 Å². The van der Waals surface area contributed by atoms with Gasteiger partial charge in [-0.15, -0.1) is 0 Å². The first-order valence-electron chi connectivity index (χ1n) is 5.82. The zero-order valence-corrected chi connectivity index (χ0v) is 9.77. The van der Waals surface area contributed by atoms with Crippen LogP contribution in [0.2, 0.25) is 0 Å². The third-order valence-corrected chi connectivity index (χ3v) is 3.00. The minimum absolute atomic E-state index is 0.833. The maximum absolute atomic E-state index is 4.59. The van der Waals surface area contributed by atoms with E-state index in [9.17, 15) is 0 Å². The summed E-state index contributed by atoms with van der Waals surface area (Å²) in [7, 11) is 0. The number of nitrogens with zero attached hydrogens (tertiary/aromatic N) is 3. The minimum atomic E-state index is 0.833. The lowest BCUT2D eigenvalue weighted by atomic mass is 10.00. The van der Waals surface area contributed by atoms with Gasteiger partial charge in [0.15, 0.2) is 0 Å². The van der Waals surface area contributed by atoms with Gasteiger partial charge in [0.25, 0.3) is 0 Å². The number of hydrogen-bond donors (Lipinski definition) is 1. The Morgan fingerprint density at radius 3 is 2.82 bits per heavy atom. The van der Waals surface area contributed by atoms with Gasteiger partial charge in [0.2, 0.25) is 0 Å². The van der Waals surface area contributed by atoms with Gasteiger partial charge < -0.3 is 5.32 Å². The number of fused-ring (bicyclic) bond motifs is 1. The number of hydrogen-bond acceptors (Lipinski definition) is 4. The Morgan fingerprint density at radius 1 is 1.18 bits per heavy atom. The molecule has 0 atom stereocenters. The van der Waals surface area contributed by atoms with Crippen LogP contribution in [0.15, 0.2) is 24.5 Å². The summed E-state index contributed by atoms with van der Waals surface area (Å²) in [6, 6.07) is 4.01. The van der Waals surface area contributed by atoms with Crippen LogP contribution in [0, 0.1) is 6.92 Å². The first-order valence-corrected chi connectivity index (χ1v) is 5.82. The smallest absolute Gasteiger partial charge is 0.126 e. The van der Waals surface area contributed by atoms with Crippen LogP contribution in [0.4, 0.5) is 0 Å². The average molecular weight is 226 g/mol. The minimum Gasteiger partial charge on any atom is -0.311 e. The first kappa shape index (κ1) is 10.4. The molecule has 2 aromatic heterocycles. The molecule has 86 valence electrons. The fourth-order valence-electron chi connectivity index (χ4n) is 2.23. The van der Waals surface area contributed by atoms with Gasteiger partial charge in [-0.05, 0) is 32.0 Å². The number of aromatic nitrogens is 3. The lowest BCUT2D eigenvalue weighted by Crippen LogP contribution is -2.26. The highest BCUT2D eigenvalue weighted by molar-refractivity contribution is 5.63. The van der Waals surface area contributed by atoms with Gasteiger partial charge in [-0.3, -0.25) is 4.98 Å². The van der Waals surface area contributed by atoms with Gasteiger partial charge in [0.1, 0.15) is 5.82 Å². The predicted molar refractivity (Wildman–Crippen MR) is 65.4 cm³/mol. The van der Waals surface area contributed by atoms with Crippen LogP contribution in [0.1, 0.15) is 17.1 Å². The fourth-order valence-corrected chi connectivity index (χ4v) is 2.23. The van der Waals surface area contributed by atoms with E-state index in [1.807, 2.05) is 19.1 Å². The third-order valence-electron chi connectivity index (χ3n) is 3.00. The Labute approximate surface area is 100 Å². The molecule has 1 aliphatic heterocycles. The van der Waals surface area contributed by atoms with Crippen molar-refractivity contribution < 1.29 is 0 Å². The summed E-state index contributed by atoms with van der Waals surface area (Å²) in [5.74, 6) is 0.833. The van der Waals surface area contributed by atoms with Crippen molar-refractivity contribution in [3.8, 4) is 11.3 Å². The van der Waals surface area contributed by atoms with E-state index >= 15 is 0 Å². The predicted octanol–water partition coefficient (Wildman–Crippen LogP) is 1.49. The van der Waals surface area contributed by atoms with Crippen molar-refractivity contribution in [1.29, 1.82) is 0 Å². The van der Waals surface area contributed by atoms with Gasteiger partial charge in [-0.2, -0.15) is 0 Å². The summed E-state index contributed by atoms with van der Waals surface area (Å²) < 4.78 is 0. The van der Waals surface area contributed by atoms with E-state index in [0.29, 0.717) is 0 Å². The van der Waals surface area contributed by atoms with E-state index in [1.54, 1.807) is 12.4 Å². The highest BCUT2D eigenvalue weighted by atomic mass is 15.0. The molecule has 0 radical (unpaired) electrons. The van der Waals surface area contributed by atoms with Crippen molar-refractivity contribution in [1.82, 2.24) is 20.3 Å². The van der Waals surface area contributed by atoms with E-state index in [2.05, 4.69) is 20.3 Å². The van der Waals surface area contributed by atoms with E-state index in [1.165, 1.54) is 5.56 Å². The van der Waals surface area contributed by atoms with Crippen LogP contribution < -0.4 is 5.32 Å². The maximum Gasteiger partial charge on any atom is 0.126 e. The number of nitrogens with one attached hydrogen (secondary N) is 1. The Morgan fingerprint density at radius 2 is 2.00 bits per heavy atom. The fraction of sp³-hybridized carbons (Fsp3) is 0.308. The second-order valence-electron chi connectivity index (χ2n) is 4.21. The summed E-state index contributed by atoms with van der Waals surface area (Å²) in [6.45, 7) is 3.79. The molecule has 0 unspecified atom stereocenters. The van der Waals surface area contributed by atoms with Crippen LogP contribution in [0.5, 0.6) is 0 Å². The van der Waals surface area contributed by atoms with Crippen molar-refractivity contribution in [2.24, 2.45) is 0 Å². The molecule has 1 aliphatic rings. The molecule has 3 rings (SSSR count). The van der Waals surface area contributed by atoms with Crippen molar-refractivity contribution in [2.75, 3.05) is 6.54 Å². The normalized spacial score (nSPS) is 14.4. The third kappa shape index (κ3) is 1.91. The quantitative estimate of drug-likeness (QED) is 0.800. The standard InChI is InChI=1S/C13H14N4/c1-9-16-12-8-15-7-4-11(12)13(17-9)10-2-5-14-6-3-10/h2-3,5-6,15H,4,7-8H2,1H3. The van der Waals surface area contributed by atoms with Crippen molar-refractivity contribution in [3.05, 3.63) is 41.6 Å². The summed E-state index contributed by atoms with van der Waals surface area (Å²) in [5, 5.41) is 3.34. The van der Waals surface area contributed by atoms with Crippen LogP contribution >= 0.6 is 0 Å². The number of rotatable bonds is 1. The van der Waals surface area contributed by atoms with E-state index in [-0.39, 0.29) is 0 Å². The van der Waals surface area contributed by atoms with Crippen molar-refractivity contribution in [3.63, 3.8) is 0 Å². The summed E-state index contributed by atoms with van der Waals surface area (Å²) in [6.07, 6.45) is 4.60. The van der Waals surface area contributed by atoms with Crippen LogP contribution in [-0.2, 0) is 13.0 Å². The molecule has 17 heavy (non-hydrogen) atoms. The number of pyridine rings is 1. The lowest BCUT2D eigenvalue weighted by molar-refractivity contribution is 0.621. The maximum atomic E-state index is 4.59. The van der Waals surface area contributed by atoms with E-state index in [4.69, 9.17) is 0 Å². The first-order chi connectivity index (χ1) is 8.34. The molecule has 0 aromatic carbocycles. The lowest BCUT2D eigenvalue weighted by Gasteiger charge is -2.19. The zero-order chi connectivity index (χ0) is 11.7. The van der Waals surface area contributed by atoms with Gasteiger partial charge >= 0.3 is 0 Å². The molecule has 4 heteroatoms. The van der Waals surface area contributed by atoms with Gasteiger partial charge in [0.05, 0.1) is 11.4 Å². The zero-order valence-electron chi connectivity index (χ0n) is 9.77. The highest BCUT2D eigenvalue weighted by Crippen LogP contribution is 2.25. The van der Waals surface area contributed by atoms with Crippen LogP contribution in [0.3, 0.4) is 0 Å². The molecule has 0 fully saturated rings. The molecule has 0 saturated carbocycles. The Balaban J connectivity index is 2.19. The van der Waals surface area contributed by atoms with Crippen molar-refractivity contribution >= 4 is 0 Å². The Hall–Kier alpha value is -1.81. The largest absolute Gasteiger partial charge is 0.311 e. The molecular weight excluding hydrogens is 212 g/mol. The second-order valence-corrected chi connectivity index (χ2v) is 4.21. The number of aryl methyl sites for hydroxylation is 1. The average Bonchev–Trinajstić information content (AvgIpc) is 2.39. The second kappa shape index (κ2) is 4.22. The monoisotopic (exact) mass is 226 g/mol. The summed E-state index contributed by atoms with van der Waals surface area (Å²) in [5.41, 5.74) is 4.61. The molecule has 0 spiro atoms. The molecule has 4 nitrogen and oxygen atoms in total. The molecule has 3 heterocycles. The highest BCUT2D eigenvalue weighted by Gasteiger charge is 2.17. The van der Waals surface area contributed by atoms with Gasteiger partial charge in [-0.1, -0.05) is 0 Å². The molecule has 0 bridgehead atoms. The summed E-state index contributed by atoms with van der Waals surface area (Å²) >= 11 is 0. The van der Waals surface area contributed by atoms with Crippen molar-refractivity contribution in [2.45, 2.75) is 19.9 Å². The van der Waals surface area contributed by atoms with E-state index < -0.39 is 0 Å². The molecule has 0 aliphatic carbocycles. The molecule has 1 N–H and O–H groups in total. The molecular formula is C13H14N4. The van der Waals surface area contributed by atoms with Gasteiger partial charge in [0, 0.05) is 30.1 Å².